The van der Waals surface area contributed by atoms with E-state index in [1.165, 1.54) is 12.2 Å². The van der Waals surface area contributed by atoms with Crippen LogP contribution in [0.4, 0.5) is 0 Å². The molecule has 0 radical (unpaired) electrons. The Morgan fingerprint density at radius 2 is 1.75 bits per heavy atom. The highest BCUT2D eigenvalue weighted by atomic mass is 16.7. The van der Waals surface area contributed by atoms with Gasteiger partial charge in [0.05, 0.1) is 0 Å². The molecule has 0 aromatic rings. The Balaban J connectivity index is 2.60. The first-order valence-corrected chi connectivity index (χ1v) is 6.51. The molecule has 1 saturated heterocycles. The highest BCUT2D eigenvalue weighted by Crippen LogP contribution is 2.16. The molecule has 0 aromatic heterocycles. The first-order chi connectivity index (χ1) is 9.69. The Morgan fingerprint density at radius 1 is 1.15 bits per heavy atom. The monoisotopic (exact) mass is 284 g/mol. The standard InChI is InChI=1S/C14H20O6/c1-3-8-18-13(15)12(14(16)19-9-4-2)20-11-7-5-6-10-17-11/h3-4,11-12H,1-2,5-10H2. The van der Waals surface area contributed by atoms with Crippen LogP contribution in [0, 0.1) is 0 Å². The molecule has 1 aliphatic heterocycles. The fourth-order valence-corrected chi connectivity index (χ4v) is 1.61. The highest BCUT2D eigenvalue weighted by Gasteiger charge is 2.34. The topological polar surface area (TPSA) is 71.1 Å². The van der Waals surface area contributed by atoms with Gasteiger partial charge in [0, 0.05) is 6.61 Å². The summed E-state index contributed by atoms with van der Waals surface area (Å²) in [7, 11) is 0. The Morgan fingerprint density at radius 3 is 2.20 bits per heavy atom. The number of hydrogen-bond acceptors (Lipinski definition) is 6. The van der Waals surface area contributed by atoms with Gasteiger partial charge in [-0.05, 0) is 19.3 Å². The van der Waals surface area contributed by atoms with Crippen molar-refractivity contribution >= 4 is 11.9 Å². The van der Waals surface area contributed by atoms with E-state index in [0.29, 0.717) is 13.0 Å². The summed E-state index contributed by atoms with van der Waals surface area (Å²) in [5.41, 5.74) is 0. The van der Waals surface area contributed by atoms with Crippen LogP contribution in [-0.2, 0) is 28.5 Å². The number of esters is 2. The normalized spacial score (nSPS) is 18.4. The molecule has 1 aliphatic rings. The van der Waals surface area contributed by atoms with Crippen LogP contribution in [0.1, 0.15) is 19.3 Å². The maximum Gasteiger partial charge on any atom is 0.347 e. The van der Waals surface area contributed by atoms with Crippen LogP contribution in [0.15, 0.2) is 25.3 Å². The smallest absolute Gasteiger partial charge is 0.347 e. The van der Waals surface area contributed by atoms with Crippen molar-refractivity contribution in [1.82, 2.24) is 0 Å². The Bertz CT molecular complexity index is 322. The predicted molar refractivity (Wildman–Crippen MR) is 70.8 cm³/mol. The van der Waals surface area contributed by atoms with Gasteiger partial charge >= 0.3 is 11.9 Å². The van der Waals surface area contributed by atoms with E-state index < -0.39 is 24.3 Å². The minimum absolute atomic E-state index is 0.00104. The molecule has 0 amide bonds. The SMILES string of the molecule is C=CCOC(=O)C(OC1CCCCO1)C(=O)OCC=C. The van der Waals surface area contributed by atoms with E-state index in [9.17, 15) is 9.59 Å². The average Bonchev–Trinajstić information content (AvgIpc) is 2.48. The summed E-state index contributed by atoms with van der Waals surface area (Å²) in [5, 5.41) is 0. The molecule has 6 nitrogen and oxygen atoms in total. The lowest BCUT2D eigenvalue weighted by Crippen LogP contribution is -2.40. The van der Waals surface area contributed by atoms with Crippen molar-refractivity contribution in [2.45, 2.75) is 31.7 Å². The highest BCUT2D eigenvalue weighted by molar-refractivity contribution is 5.98. The molecular formula is C14H20O6. The molecule has 6 heteroatoms. The van der Waals surface area contributed by atoms with Gasteiger partial charge in [-0.3, -0.25) is 0 Å². The molecule has 1 unspecified atom stereocenters. The van der Waals surface area contributed by atoms with Gasteiger partial charge in [-0.15, -0.1) is 0 Å². The molecule has 0 N–H and O–H groups in total. The number of carbonyl (C=O) groups excluding carboxylic acids is 2. The fraction of sp³-hybridized carbons (Fsp3) is 0.571. The van der Waals surface area contributed by atoms with E-state index >= 15 is 0 Å². The summed E-state index contributed by atoms with van der Waals surface area (Å²) in [6, 6.07) is 0. The molecule has 0 spiro atoms. The van der Waals surface area contributed by atoms with Crippen molar-refractivity contribution in [3.8, 4) is 0 Å². The van der Waals surface area contributed by atoms with Crippen LogP contribution in [0.2, 0.25) is 0 Å². The van der Waals surface area contributed by atoms with Crippen molar-refractivity contribution < 1.29 is 28.5 Å². The van der Waals surface area contributed by atoms with Gasteiger partial charge in [-0.2, -0.15) is 0 Å². The Kier molecular flexibility index (Phi) is 7.60. The molecule has 1 fully saturated rings. The first-order valence-electron chi connectivity index (χ1n) is 6.51. The quantitative estimate of drug-likeness (QED) is 0.381. The molecule has 0 saturated carbocycles. The molecule has 1 rings (SSSR count). The van der Waals surface area contributed by atoms with Gasteiger partial charge in [0.15, 0.2) is 6.29 Å². The van der Waals surface area contributed by atoms with Crippen LogP contribution >= 0.6 is 0 Å². The molecule has 1 atom stereocenters. The zero-order chi connectivity index (χ0) is 14.8. The van der Waals surface area contributed by atoms with Crippen molar-refractivity contribution in [3.63, 3.8) is 0 Å². The van der Waals surface area contributed by atoms with E-state index in [4.69, 9.17) is 18.9 Å². The first kappa shape index (κ1) is 16.4. The number of hydrogen-bond donors (Lipinski definition) is 0. The summed E-state index contributed by atoms with van der Waals surface area (Å²) >= 11 is 0. The van der Waals surface area contributed by atoms with Crippen LogP contribution in [-0.4, -0.2) is 44.2 Å². The minimum atomic E-state index is -1.45. The number of rotatable bonds is 8. The van der Waals surface area contributed by atoms with E-state index in [1.54, 1.807) is 0 Å². The van der Waals surface area contributed by atoms with Gasteiger partial charge in [0.25, 0.3) is 6.10 Å². The van der Waals surface area contributed by atoms with Crippen LogP contribution in [0.25, 0.3) is 0 Å². The minimum Gasteiger partial charge on any atom is -0.459 e. The van der Waals surface area contributed by atoms with Gasteiger partial charge in [0.1, 0.15) is 13.2 Å². The lowest BCUT2D eigenvalue weighted by Gasteiger charge is -2.25. The van der Waals surface area contributed by atoms with E-state index in [1.807, 2.05) is 0 Å². The third-order valence-corrected chi connectivity index (χ3v) is 2.54. The van der Waals surface area contributed by atoms with Crippen LogP contribution in [0.3, 0.4) is 0 Å². The van der Waals surface area contributed by atoms with Crippen molar-refractivity contribution in [2.24, 2.45) is 0 Å². The van der Waals surface area contributed by atoms with E-state index in [-0.39, 0.29) is 13.2 Å². The summed E-state index contributed by atoms with van der Waals surface area (Å²) in [6.07, 6.45) is 3.24. The number of ether oxygens (including phenoxy) is 4. The molecule has 1 heterocycles. The molecule has 112 valence electrons. The summed E-state index contributed by atoms with van der Waals surface area (Å²) in [6.45, 7) is 7.40. The summed E-state index contributed by atoms with van der Waals surface area (Å²) < 4.78 is 20.4. The lowest BCUT2D eigenvalue weighted by atomic mass is 10.2. The zero-order valence-electron chi connectivity index (χ0n) is 11.4. The maximum absolute atomic E-state index is 11.8. The third kappa shape index (κ3) is 5.54. The average molecular weight is 284 g/mol. The summed E-state index contributed by atoms with van der Waals surface area (Å²) in [5.74, 6) is -1.62. The molecule has 0 aromatic carbocycles. The van der Waals surface area contributed by atoms with Gasteiger partial charge in [-0.1, -0.05) is 25.3 Å². The van der Waals surface area contributed by atoms with Gasteiger partial charge < -0.3 is 18.9 Å². The van der Waals surface area contributed by atoms with Crippen molar-refractivity contribution in [1.29, 1.82) is 0 Å². The molecule has 20 heavy (non-hydrogen) atoms. The Hall–Kier alpha value is -1.66. The second-order valence-electron chi connectivity index (χ2n) is 4.15. The van der Waals surface area contributed by atoms with Crippen molar-refractivity contribution in [3.05, 3.63) is 25.3 Å². The molecule has 0 bridgehead atoms. The molecular weight excluding hydrogens is 264 g/mol. The van der Waals surface area contributed by atoms with Gasteiger partial charge in [0.2, 0.25) is 0 Å². The molecule has 0 aliphatic carbocycles. The third-order valence-electron chi connectivity index (χ3n) is 2.54. The Labute approximate surface area is 118 Å². The predicted octanol–water partition coefficient (Wildman–Crippen LogP) is 1.36. The van der Waals surface area contributed by atoms with Crippen LogP contribution < -0.4 is 0 Å². The summed E-state index contributed by atoms with van der Waals surface area (Å²) in [4.78, 5) is 23.6. The van der Waals surface area contributed by atoms with Crippen molar-refractivity contribution in [2.75, 3.05) is 19.8 Å². The fourth-order valence-electron chi connectivity index (χ4n) is 1.61. The second-order valence-corrected chi connectivity index (χ2v) is 4.15. The van der Waals surface area contributed by atoms with Crippen LogP contribution in [0.5, 0.6) is 0 Å². The number of carbonyl (C=O) groups is 2. The van der Waals surface area contributed by atoms with E-state index in [0.717, 1.165) is 12.8 Å². The van der Waals surface area contributed by atoms with Gasteiger partial charge in [-0.25, -0.2) is 9.59 Å². The maximum atomic E-state index is 11.8. The van der Waals surface area contributed by atoms with E-state index in [2.05, 4.69) is 13.2 Å². The largest absolute Gasteiger partial charge is 0.459 e. The zero-order valence-corrected chi connectivity index (χ0v) is 11.4. The second kappa shape index (κ2) is 9.28. The lowest BCUT2D eigenvalue weighted by molar-refractivity contribution is -0.212.